The van der Waals surface area contributed by atoms with Crippen LogP contribution in [0.4, 0.5) is 10.1 Å². The van der Waals surface area contributed by atoms with E-state index in [0.717, 1.165) is 16.4 Å². The topological polar surface area (TPSA) is 76.3 Å². The van der Waals surface area contributed by atoms with Crippen molar-refractivity contribution in [1.29, 1.82) is 0 Å². The van der Waals surface area contributed by atoms with Gasteiger partial charge in [-0.1, -0.05) is 17.7 Å². The van der Waals surface area contributed by atoms with E-state index in [-0.39, 0.29) is 22.2 Å². The summed E-state index contributed by atoms with van der Waals surface area (Å²) in [5.41, 5.74) is 5.71. The van der Waals surface area contributed by atoms with E-state index in [1.54, 1.807) is 24.4 Å². The van der Waals surface area contributed by atoms with Crippen LogP contribution in [-0.4, -0.2) is 24.8 Å². The average Bonchev–Trinajstić information content (AvgIpc) is 2.43. The van der Waals surface area contributed by atoms with Gasteiger partial charge in [0.25, 0.3) is 0 Å². The highest BCUT2D eigenvalue weighted by Gasteiger charge is 2.25. The summed E-state index contributed by atoms with van der Waals surface area (Å²) in [5.74, 6) is -0.758. The summed E-state index contributed by atoms with van der Waals surface area (Å²) in [4.78, 5) is 3.82. The van der Waals surface area contributed by atoms with E-state index in [0.29, 0.717) is 5.69 Å². The molecular formula is C13H13ClFN3O2S. The largest absolute Gasteiger partial charge is 0.396 e. The lowest BCUT2D eigenvalue weighted by Crippen LogP contribution is -2.27. The fourth-order valence-corrected chi connectivity index (χ4v) is 3.38. The van der Waals surface area contributed by atoms with Crippen molar-refractivity contribution < 1.29 is 12.8 Å². The number of sulfonamides is 1. The number of hydrogen-bond donors (Lipinski definition) is 1. The number of rotatable bonds is 4. The molecule has 0 spiro atoms. The highest BCUT2D eigenvalue weighted by atomic mass is 35.5. The molecule has 0 radical (unpaired) electrons. The number of pyridine rings is 1. The molecule has 0 aliphatic heterocycles. The van der Waals surface area contributed by atoms with Crippen LogP contribution in [0.15, 0.2) is 41.4 Å². The van der Waals surface area contributed by atoms with E-state index in [2.05, 4.69) is 4.98 Å². The maximum absolute atomic E-state index is 13.3. The van der Waals surface area contributed by atoms with Crippen molar-refractivity contribution >= 4 is 27.3 Å². The molecule has 1 heterocycles. The van der Waals surface area contributed by atoms with Crippen molar-refractivity contribution in [3.05, 3.63) is 53.1 Å². The van der Waals surface area contributed by atoms with Crippen LogP contribution >= 0.6 is 11.6 Å². The number of nitrogen functional groups attached to an aromatic ring is 1. The first kappa shape index (κ1) is 15.7. The summed E-state index contributed by atoms with van der Waals surface area (Å²) in [6, 6.07) is 7.09. The van der Waals surface area contributed by atoms with Crippen LogP contribution in [0.5, 0.6) is 0 Å². The van der Waals surface area contributed by atoms with Crippen molar-refractivity contribution in [3.8, 4) is 0 Å². The predicted molar refractivity (Wildman–Crippen MR) is 78.7 cm³/mol. The molecule has 8 heteroatoms. The van der Waals surface area contributed by atoms with Crippen LogP contribution in [0.3, 0.4) is 0 Å². The number of nitrogens with two attached hydrogens (primary N) is 1. The van der Waals surface area contributed by atoms with E-state index in [1.807, 2.05) is 0 Å². The molecule has 0 amide bonds. The molecule has 5 nitrogen and oxygen atoms in total. The zero-order chi connectivity index (χ0) is 15.6. The molecule has 0 atom stereocenters. The number of benzene rings is 1. The SMILES string of the molecule is CN(Cc1ccccn1)S(=O)(=O)c1cc(N)c(F)cc1Cl. The average molecular weight is 330 g/mol. The van der Waals surface area contributed by atoms with Gasteiger partial charge in [0.05, 0.1) is 22.9 Å². The second kappa shape index (κ2) is 5.97. The second-order valence-electron chi connectivity index (χ2n) is 4.39. The lowest BCUT2D eigenvalue weighted by atomic mass is 10.3. The van der Waals surface area contributed by atoms with E-state index < -0.39 is 15.8 Å². The maximum atomic E-state index is 13.3. The van der Waals surface area contributed by atoms with Gasteiger partial charge in [-0.05, 0) is 24.3 Å². The number of aromatic nitrogens is 1. The first-order chi connectivity index (χ1) is 9.82. The molecule has 2 aromatic rings. The van der Waals surface area contributed by atoms with Crippen LogP contribution in [0.25, 0.3) is 0 Å². The molecule has 0 fully saturated rings. The molecule has 0 bridgehead atoms. The Bertz CT molecular complexity index is 754. The minimum Gasteiger partial charge on any atom is -0.396 e. The summed E-state index contributed by atoms with van der Waals surface area (Å²) >= 11 is 5.82. The Morgan fingerprint density at radius 2 is 2.10 bits per heavy atom. The molecule has 112 valence electrons. The third kappa shape index (κ3) is 3.31. The molecule has 2 N–H and O–H groups in total. The van der Waals surface area contributed by atoms with Crippen LogP contribution in [0, 0.1) is 5.82 Å². The fourth-order valence-electron chi connectivity index (χ4n) is 1.72. The van der Waals surface area contributed by atoms with E-state index in [9.17, 15) is 12.8 Å². The Kier molecular flexibility index (Phi) is 4.46. The third-order valence-corrected chi connectivity index (χ3v) is 5.12. The Hall–Kier alpha value is -1.70. The monoisotopic (exact) mass is 329 g/mol. The summed E-state index contributed by atoms with van der Waals surface area (Å²) in [6.45, 7) is 0.0663. The molecule has 0 saturated carbocycles. The fraction of sp³-hybridized carbons (Fsp3) is 0.154. The van der Waals surface area contributed by atoms with Crippen molar-refractivity contribution in [2.45, 2.75) is 11.4 Å². The normalized spacial score (nSPS) is 11.8. The number of nitrogens with zero attached hydrogens (tertiary/aromatic N) is 2. The summed E-state index contributed by atoms with van der Waals surface area (Å²) in [7, 11) is -2.50. The molecular weight excluding hydrogens is 317 g/mol. The molecule has 0 aliphatic rings. The zero-order valence-corrected chi connectivity index (χ0v) is 12.7. The van der Waals surface area contributed by atoms with Gasteiger partial charge in [-0.15, -0.1) is 0 Å². The van der Waals surface area contributed by atoms with Crippen LogP contribution < -0.4 is 5.73 Å². The van der Waals surface area contributed by atoms with Gasteiger partial charge < -0.3 is 5.73 Å². The van der Waals surface area contributed by atoms with E-state index >= 15 is 0 Å². The minimum atomic E-state index is -3.89. The van der Waals surface area contributed by atoms with Crippen LogP contribution in [0.2, 0.25) is 5.02 Å². The van der Waals surface area contributed by atoms with E-state index in [4.69, 9.17) is 17.3 Å². The Morgan fingerprint density at radius 3 is 2.71 bits per heavy atom. The molecule has 0 unspecified atom stereocenters. The number of halogens is 2. The van der Waals surface area contributed by atoms with Crippen molar-refractivity contribution in [2.75, 3.05) is 12.8 Å². The predicted octanol–water partition coefficient (Wildman–Crippen LogP) is 2.28. The lowest BCUT2D eigenvalue weighted by molar-refractivity contribution is 0.462. The molecule has 0 aliphatic carbocycles. The number of hydrogen-bond acceptors (Lipinski definition) is 4. The Balaban J connectivity index is 2.36. The van der Waals surface area contributed by atoms with Gasteiger partial charge in [-0.3, -0.25) is 4.98 Å². The highest BCUT2D eigenvalue weighted by Crippen LogP contribution is 2.28. The van der Waals surface area contributed by atoms with Crippen LogP contribution in [-0.2, 0) is 16.6 Å². The van der Waals surface area contributed by atoms with Gasteiger partial charge in [-0.2, -0.15) is 4.31 Å². The summed E-state index contributed by atoms with van der Waals surface area (Å²) in [5, 5.41) is -0.213. The maximum Gasteiger partial charge on any atom is 0.244 e. The standard InChI is InChI=1S/C13H13ClFN3O2S/c1-18(8-9-4-2-3-5-17-9)21(19,20)13-7-12(16)11(15)6-10(13)14/h2-7H,8,16H2,1H3. The van der Waals surface area contributed by atoms with E-state index in [1.165, 1.54) is 7.05 Å². The molecule has 1 aromatic carbocycles. The van der Waals surface area contributed by atoms with Gasteiger partial charge in [0.1, 0.15) is 10.7 Å². The van der Waals surface area contributed by atoms with Crippen LogP contribution in [0.1, 0.15) is 5.69 Å². The third-order valence-electron chi connectivity index (χ3n) is 2.85. The smallest absolute Gasteiger partial charge is 0.244 e. The highest BCUT2D eigenvalue weighted by molar-refractivity contribution is 7.89. The molecule has 21 heavy (non-hydrogen) atoms. The molecule has 2 rings (SSSR count). The lowest BCUT2D eigenvalue weighted by Gasteiger charge is -2.18. The quantitative estimate of drug-likeness (QED) is 0.873. The zero-order valence-electron chi connectivity index (χ0n) is 11.1. The summed E-state index contributed by atoms with van der Waals surface area (Å²) < 4.78 is 39.3. The Labute approximate surface area is 127 Å². The summed E-state index contributed by atoms with van der Waals surface area (Å²) in [6.07, 6.45) is 1.57. The Morgan fingerprint density at radius 1 is 1.38 bits per heavy atom. The van der Waals surface area contributed by atoms with Gasteiger partial charge in [0.2, 0.25) is 10.0 Å². The van der Waals surface area contributed by atoms with Gasteiger partial charge in [0.15, 0.2) is 0 Å². The van der Waals surface area contributed by atoms with Crippen molar-refractivity contribution in [1.82, 2.24) is 9.29 Å². The van der Waals surface area contributed by atoms with Gasteiger partial charge >= 0.3 is 0 Å². The minimum absolute atomic E-state index is 0.0663. The van der Waals surface area contributed by atoms with Crippen molar-refractivity contribution in [3.63, 3.8) is 0 Å². The van der Waals surface area contributed by atoms with Crippen molar-refractivity contribution in [2.24, 2.45) is 0 Å². The number of anilines is 1. The van der Waals surface area contributed by atoms with Gasteiger partial charge in [0, 0.05) is 13.2 Å². The first-order valence-corrected chi connectivity index (χ1v) is 7.75. The van der Waals surface area contributed by atoms with Gasteiger partial charge in [-0.25, -0.2) is 12.8 Å². The molecule has 0 saturated heterocycles. The second-order valence-corrected chi connectivity index (χ2v) is 6.81. The molecule has 1 aromatic heterocycles. The first-order valence-electron chi connectivity index (χ1n) is 5.93.